The average molecular weight is 405 g/mol. The number of nitrogens with one attached hydrogen (secondary N) is 1. The van der Waals surface area contributed by atoms with Crippen LogP contribution in [0, 0.1) is 0 Å². The van der Waals surface area contributed by atoms with E-state index in [0.717, 1.165) is 16.5 Å². The molecule has 0 aliphatic carbocycles. The Bertz CT molecular complexity index is 1070. The fourth-order valence-electron chi connectivity index (χ4n) is 3.73. The van der Waals surface area contributed by atoms with Crippen LogP contribution in [0.15, 0.2) is 54.6 Å². The third kappa shape index (κ3) is 4.05. The van der Waals surface area contributed by atoms with Crippen LogP contribution in [0.1, 0.15) is 32.8 Å². The number of para-hydroxylation sites is 1. The lowest BCUT2D eigenvalue weighted by Gasteiger charge is -2.22. The number of esters is 1. The average Bonchev–Trinajstić information content (AvgIpc) is 3.13. The lowest BCUT2D eigenvalue weighted by atomic mass is 10.1. The second kappa shape index (κ2) is 8.41. The molecule has 0 atom stereocenters. The number of carbonyl (C=O) groups excluding carboxylic acids is 3. The number of hydrogen-bond acceptors (Lipinski definition) is 4. The van der Waals surface area contributed by atoms with Crippen molar-refractivity contribution < 1.29 is 19.1 Å². The molecule has 1 aliphatic heterocycles. The van der Waals surface area contributed by atoms with Crippen LogP contribution in [0.5, 0.6) is 0 Å². The minimum absolute atomic E-state index is 0.00887. The highest BCUT2D eigenvalue weighted by Crippen LogP contribution is 2.18. The molecule has 2 aromatic carbocycles. The van der Waals surface area contributed by atoms with Crippen molar-refractivity contribution >= 4 is 28.7 Å². The van der Waals surface area contributed by atoms with Gasteiger partial charge in [0.25, 0.3) is 5.91 Å². The maximum Gasteiger partial charge on any atom is 0.337 e. The Balaban J connectivity index is 1.45. The first-order valence-corrected chi connectivity index (χ1v) is 9.87. The van der Waals surface area contributed by atoms with Gasteiger partial charge >= 0.3 is 5.97 Å². The van der Waals surface area contributed by atoms with Crippen molar-refractivity contribution in [1.82, 2.24) is 14.8 Å². The quantitative estimate of drug-likeness (QED) is 0.677. The van der Waals surface area contributed by atoms with Crippen molar-refractivity contribution in [3.63, 3.8) is 0 Å². The van der Waals surface area contributed by atoms with E-state index in [4.69, 9.17) is 4.74 Å². The summed E-state index contributed by atoms with van der Waals surface area (Å²) >= 11 is 0. The Kier molecular flexibility index (Phi) is 5.52. The smallest absolute Gasteiger partial charge is 0.337 e. The van der Waals surface area contributed by atoms with Crippen LogP contribution >= 0.6 is 0 Å². The van der Waals surface area contributed by atoms with Gasteiger partial charge in [-0.3, -0.25) is 9.59 Å². The molecule has 0 bridgehead atoms. The van der Waals surface area contributed by atoms with E-state index in [0.29, 0.717) is 37.4 Å². The fraction of sp³-hybridized carbons (Fsp3) is 0.261. The predicted octanol–water partition coefficient (Wildman–Crippen LogP) is 2.83. The van der Waals surface area contributed by atoms with Gasteiger partial charge < -0.3 is 19.5 Å². The summed E-state index contributed by atoms with van der Waals surface area (Å²) in [5.41, 5.74) is 2.75. The molecular weight excluding hydrogens is 382 g/mol. The number of benzene rings is 2. The first-order chi connectivity index (χ1) is 14.5. The number of aromatic amines is 1. The minimum atomic E-state index is -0.408. The highest BCUT2D eigenvalue weighted by atomic mass is 16.5. The molecular formula is C23H23N3O4. The zero-order valence-electron chi connectivity index (χ0n) is 16.8. The van der Waals surface area contributed by atoms with Crippen molar-refractivity contribution in [1.29, 1.82) is 0 Å². The van der Waals surface area contributed by atoms with E-state index in [1.165, 1.54) is 7.11 Å². The van der Waals surface area contributed by atoms with Crippen LogP contribution in [-0.2, 0) is 16.1 Å². The molecule has 1 N–H and O–H groups in total. The number of ether oxygens (including phenoxy) is 1. The molecule has 4 rings (SSSR count). The first-order valence-electron chi connectivity index (χ1n) is 9.87. The highest BCUT2D eigenvalue weighted by Gasteiger charge is 2.25. The molecule has 7 nitrogen and oxygen atoms in total. The second-order valence-corrected chi connectivity index (χ2v) is 7.32. The van der Waals surface area contributed by atoms with E-state index in [1.807, 2.05) is 36.4 Å². The summed E-state index contributed by atoms with van der Waals surface area (Å²) in [6.45, 7) is 1.66. The molecule has 2 amide bonds. The SMILES string of the molecule is COC(=O)c1cccc(CN2CCN(C(=O)c3cc4ccccc4[nH]3)CCC2=O)c1. The van der Waals surface area contributed by atoms with Gasteiger partial charge in [0.2, 0.25) is 5.91 Å². The number of fused-ring (bicyclic) bond motifs is 1. The molecule has 0 radical (unpaired) electrons. The van der Waals surface area contributed by atoms with E-state index >= 15 is 0 Å². The van der Waals surface area contributed by atoms with Gasteiger partial charge in [-0.05, 0) is 29.8 Å². The molecule has 1 aromatic heterocycles. The standard InChI is InChI=1S/C23H23N3O4/c1-30-23(29)18-7-4-5-16(13-18)15-26-12-11-25(10-9-21(26)27)22(28)20-14-17-6-2-3-8-19(17)24-20/h2-8,13-14,24H,9-12,15H2,1H3. The van der Waals surface area contributed by atoms with Crippen molar-refractivity contribution in [2.24, 2.45) is 0 Å². The largest absolute Gasteiger partial charge is 0.465 e. The van der Waals surface area contributed by atoms with Crippen molar-refractivity contribution in [3.8, 4) is 0 Å². The van der Waals surface area contributed by atoms with Gasteiger partial charge in [0.1, 0.15) is 5.69 Å². The summed E-state index contributed by atoms with van der Waals surface area (Å²) < 4.78 is 4.76. The Labute approximate surface area is 174 Å². The maximum absolute atomic E-state index is 13.0. The van der Waals surface area contributed by atoms with Gasteiger partial charge in [-0.25, -0.2) is 4.79 Å². The normalized spacial score (nSPS) is 14.6. The molecule has 0 saturated carbocycles. The van der Waals surface area contributed by atoms with E-state index in [2.05, 4.69) is 4.98 Å². The summed E-state index contributed by atoms with van der Waals surface area (Å²) in [4.78, 5) is 43.9. The van der Waals surface area contributed by atoms with Crippen LogP contribution in [0.2, 0.25) is 0 Å². The lowest BCUT2D eigenvalue weighted by Crippen LogP contribution is -2.35. The van der Waals surface area contributed by atoms with Crippen molar-refractivity contribution in [2.45, 2.75) is 13.0 Å². The number of amides is 2. The number of methoxy groups -OCH3 is 1. The lowest BCUT2D eigenvalue weighted by molar-refractivity contribution is -0.130. The Morgan fingerprint density at radius 3 is 2.67 bits per heavy atom. The summed E-state index contributed by atoms with van der Waals surface area (Å²) in [5.74, 6) is -0.520. The molecule has 154 valence electrons. The number of carbonyl (C=O) groups is 3. The fourth-order valence-corrected chi connectivity index (χ4v) is 3.73. The van der Waals surface area contributed by atoms with Crippen molar-refractivity contribution in [3.05, 3.63) is 71.4 Å². The van der Waals surface area contributed by atoms with Crippen LogP contribution in [0.25, 0.3) is 10.9 Å². The van der Waals surface area contributed by atoms with Gasteiger partial charge in [0.05, 0.1) is 12.7 Å². The molecule has 30 heavy (non-hydrogen) atoms. The molecule has 7 heteroatoms. The van der Waals surface area contributed by atoms with E-state index in [1.54, 1.807) is 28.0 Å². The topological polar surface area (TPSA) is 82.7 Å². The van der Waals surface area contributed by atoms with Crippen LogP contribution < -0.4 is 0 Å². The molecule has 3 aromatic rings. The van der Waals surface area contributed by atoms with Gasteiger partial charge in [-0.2, -0.15) is 0 Å². The van der Waals surface area contributed by atoms with E-state index in [-0.39, 0.29) is 18.2 Å². The summed E-state index contributed by atoms with van der Waals surface area (Å²) in [6, 6.07) is 16.7. The van der Waals surface area contributed by atoms with Crippen LogP contribution in [-0.4, -0.2) is 59.3 Å². The molecule has 1 aliphatic rings. The summed E-state index contributed by atoms with van der Waals surface area (Å²) in [6.07, 6.45) is 0.267. The third-order valence-corrected chi connectivity index (χ3v) is 5.36. The van der Waals surface area contributed by atoms with E-state index in [9.17, 15) is 14.4 Å². The molecule has 0 unspecified atom stereocenters. The van der Waals surface area contributed by atoms with Gasteiger partial charge in [-0.1, -0.05) is 30.3 Å². The Hall–Kier alpha value is -3.61. The van der Waals surface area contributed by atoms with Crippen molar-refractivity contribution in [2.75, 3.05) is 26.7 Å². The van der Waals surface area contributed by atoms with Gasteiger partial charge in [0, 0.05) is 43.5 Å². The second-order valence-electron chi connectivity index (χ2n) is 7.32. The molecule has 2 heterocycles. The number of nitrogens with zero attached hydrogens (tertiary/aromatic N) is 2. The third-order valence-electron chi connectivity index (χ3n) is 5.36. The van der Waals surface area contributed by atoms with E-state index < -0.39 is 5.97 Å². The summed E-state index contributed by atoms with van der Waals surface area (Å²) in [7, 11) is 1.34. The Morgan fingerprint density at radius 1 is 1.03 bits per heavy atom. The minimum Gasteiger partial charge on any atom is -0.465 e. The number of hydrogen-bond donors (Lipinski definition) is 1. The zero-order chi connectivity index (χ0) is 21.1. The highest BCUT2D eigenvalue weighted by molar-refractivity contribution is 5.98. The molecule has 0 spiro atoms. The summed E-state index contributed by atoms with van der Waals surface area (Å²) in [5, 5.41) is 0.985. The number of rotatable bonds is 4. The first kappa shape index (κ1) is 19.7. The Morgan fingerprint density at radius 2 is 1.87 bits per heavy atom. The van der Waals surface area contributed by atoms with Gasteiger partial charge in [0.15, 0.2) is 0 Å². The van der Waals surface area contributed by atoms with Crippen LogP contribution in [0.4, 0.5) is 0 Å². The van der Waals surface area contributed by atoms with Crippen LogP contribution in [0.3, 0.4) is 0 Å². The molecule has 1 saturated heterocycles. The number of H-pyrrole nitrogens is 1. The monoisotopic (exact) mass is 405 g/mol. The molecule has 1 fully saturated rings. The zero-order valence-corrected chi connectivity index (χ0v) is 16.8. The van der Waals surface area contributed by atoms with Gasteiger partial charge in [-0.15, -0.1) is 0 Å². The number of aromatic nitrogens is 1. The predicted molar refractivity (Wildman–Crippen MR) is 112 cm³/mol. The maximum atomic E-state index is 13.0.